The lowest BCUT2D eigenvalue weighted by Gasteiger charge is -2.38. The predicted octanol–water partition coefficient (Wildman–Crippen LogP) is 1.54. The Morgan fingerprint density at radius 3 is 2.47 bits per heavy atom. The van der Waals surface area contributed by atoms with Crippen molar-refractivity contribution in [2.24, 2.45) is 43.2 Å². The van der Waals surface area contributed by atoms with Gasteiger partial charge in [-0.1, -0.05) is 22.0 Å². The molecule has 0 unspecified atom stereocenters. The van der Waals surface area contributed by atoms with Crippen molar-refractivity contribution in [2.45, 2.75) is 44.1 Å². The summed E-state index contributed by atoms with van der Waals surface area (Å²) in [7, 11) is 0. The summed E-state index contributed by atoms with van der Waals surface area (Å²) in [5.74, 6) is 21.6. The maximum atomic E-state index is 13.5. The summed E-state index contributed by atoms with van der Waals surface area (Å²) in [6.45, 7) is 1.36. The first kappa shape index (κ1) is 28.2. The molecule has 6 rings (SSSR count). The van der Waals surface area contributed by atoms with Crippen molar-refractivity contribution in [2.75, 3.05) is 25.5 Å². The van der Waals surface area contributed by atoms with Crippen LogP contribution in [0.1, 0.15) is 57.8 Å². The summed E-state index contributed by atoms with van der Waals surface area (Å²) < 4.78 is 1.77. The molecule has 3 aliphatic rings. The molecule has 1 aliphatic carbocycles. The van der Waals surface area contributed by atoms with Gasteiger partial charge in [-0.15, -0.1) is 10.2 Å². The molecule has 0 radical (unpaired) electrons. The fourth-order valence-electron chi connectivity index (χ4n) is 6.09. The molecule has 1 aromatic carbocycles. The number of aromatic nitrogens is 3. The lowest BCUT2D eigenvalue weighted by molar-refractivity contribution is 0.0660. The number of hydrogen-bond donors (Lipinski definition) is 5. The van der Waals surface area contributed by atoms with Crippen LogP contribution in [0.4, 0.5) is 11.6 Å². The number of halogens is 1. The fourth-order valence-corrected chi connectivity index (χ4v) is 6.25. The zero-order valence-electron chi connectivity index (χ0n) is 23.1. The van der Waals surface area contributed by atoms with Crippen LogP contribution in [0.15, 0.2) is 43.9 Å². The van der Waals surface area contributed by atoms with E-state index in [-0.39, 0.29) is 34.3 Å². The van der Waals surface area contributed by atoms with Gasteiger partial charge in [-0.2, -0.15) is 4.99 Å². The van der Waals surface area contributed by atoms with E-state index in [1.807, 2.05) is 23.1 Å². The number of hydrazine groups is 1. The lowest BCUT2D eigenvalue weighted by Crippen LogP contribution is -2.53. The second kappa shape index (κ2) is 11.1. The molecule has 43 heavy (non-hydrogen) atoms. The van der Waals surface area contributed by atoms with Gasteiger partial charge in [0, 0.05) is 29.7 Å². The quantitative estimate of drug-likeness (QED) is 0.162. The van der Waals surface area contributed by atoms with Crippen LogP contribution in [0.2, 0.25) is 5.15 Å². The molecule has 2 aromatic heterocycles. The van der Waals surface area contributed by atoms with Gasteiger partial charge in [0.15, 0.2) is 10.8 Å². The van der Waals surface area contributed by atoms with Crippen LogP contribution in [0.25, 0.3) is 10.9 Å². The third-order valence-electron chi connectivity index (χ3n) is 8.22. The zero-order chi connectivity index (χ0) is 30.3. The Morgan fingerprint density at radius 2 is 1.72 bits per heavy atom. The molecule has 2 amide bonds. The molecule has 0 atom stereocenters. The molecule has 224 valence electrons. The lowest BCUT2D eigenvalue weighted by atomic mass is 9.88. The van der Waals surface area contributed by atoms with Crippen LogP contribution in [0, 0.1) is 0 Å². The van der Waals surface area contributed by atoms with Gasteiger partial charge in [0.2, 0.25) is 17.6 Å². The minimum absolute atomic E-state index is 0.0348. The minimum Gasteiger partial charge on any atom is -0.347 e. The zero-order valence-corrected chi connectivity index (χ0v) is 23.8. The molecular weight excluding hydrogens is 578 g/mol. The summed E-state index contributed by atoms with van der Waals surface area (Å²) in [6, 6.07) is 5.75. The molecule has 4 heterocycles. The van der Waals surface area contributed by atoms with Crippen LogP contribution in [-0.2, 0) is 12.8 Å². The number of carbonyl (C=O) groups excluding carboxylic acids is 2. The number of benzene rings is 1. The normalized spacial score (nSPS) is 19.2. The highest BCUT2D eigenvalue weighted by molar-refractivity contribution is 6.31. The molecule has 2 saturated heterocycles. The third-order valence-corrected chi connectivity index (χ3v) is 8.47. The van der Waals surface area contributed by atoms with Crippen molar-refractivity contribution in [3.8, 4) is 0 Å². The Kier molecular flexibility index (Phi) is 7.26. The number of aliphatic imine (C=N–C) groups is 1. The number of aryl methyl sites for hydroxylation is 1. The Morgan fingerprint density at radius 1 is 1.00 bits per heavy atom. The summed E-state index contributed by atoms with van der Waals surface area (Å²) in [4.78, 5) is 40.5. The number of guanidine groups is 1. The predicted molar refractivity (Wildman–Crippen MR) is 157 cm³/mol. The van der Waals surface area contributed by atoms with E-state index in [0.29, 0.717) is 38.0 Å². The van der Waals surface area contributed by atoms with E-state index in [1.165, 1.54) is 10.6 Å². The minimum atomic E-state index is -0.834. The van der Waals surface area contributed by atoms with Crippen LogP contribution < -0.4 is 28.7 Å². The molecular formula is C25H30ClN15O2. The fraction of sp³-hybridized carbons (Fsp3) is 0.400. The van der Waals surface area contributed by atoms with Gasteiger partial charge in [-0.3, -0.25) is 19.3 Å². The highest BCUT2D eigenvalue weighted by atomic mass is 35.5. The Labute approximate surface area is 249 Å². The van der Waals surface area contributed by atoms with Crippen LogP contribution in [0.5, 0.6) is 0 Å². The van der Waals surface area contributed by atoms with E-state index in [4.69, 9.17) is 35.0 Å². The van der Waals surface area contributed by atoms with Crippen LogP contribution in [0.3, 0.4) is 0 Å². The first-order chi connectivity index (χ1) is 20.7. The number of fused-ring (bicyclic) bond motifs is 3. The number of piperidine rings is 1. The molecule has 18 heteroatoms. The number of nitrogens with zero attached hydrogens (tertiary/aromatic N) is 10. The van der Waals surface area contributed by atoms with E-state index < -0.39 is 11.4 Å². The molecule has 1 spiro atoms. The van der Waals surface area contributed by atoms with E-state index in [2.05, 4.69) is 41.0 Å². The number of carbonyl (C=O) groups is 2. The Hall–Kier alpha value is -4.90. The summed E-state index contributed by atoms with van der Waals surface area (Å²) in [6.07, 6.45) is 5.35. The number of hydrogen-bond acceptors (Lipinski definition) is 10. The SMILES string of the molecule is NN=Nc1nc(N=NN)c(C(=O)/N=C2/NC3(CCN(C(=O)c4ccc5c(c4)c4c(n5N)CCCC4)CC3)CN2N)nc1Cl. The molecule has 3 aromatic rings. The Balaban J connectivity index is 1.16. The summed E-state index contributed by atoms with van der Waals surface area (Å²) >= 11 is 6.05. The summed E-state index contributed by atoms with van der Waals surface area (Å²) in [5.41, 5.74) is 3.19. The van der Waals surface area contributed by atoms with Gasteiger partial charge >= 0.3 is 5.91 Å². The number of nitrogens with two attached hydrogens (primary N) is 4. The average Bonchev–Trinajstić information content (AvgIpc) is 3.47. The van der Waals surface area contributed by atoms with Crippen molar-refractivity contribution in [3.63, 3.8) is 0 Å². The second-order valence-corrected chi connectivity index (χ2v) is 11.1. The van der Waals surface area contributed by atoms with E-state index >= 15 is 0 Å². The molecule has 2 aliphatic heterocycles. The topological polar surface area (TPSA) is 249 Å². The van der Waals surface area contributed by atoms with Crippen molar-refractivity contribution in [1.29, 1.82) is 0 Å². The molecule has 2 fully saturated rings. The average molecular weight is 608 g/mol. The third kappa shape index (κ3) is 5.05. The van der Waals surface area contributed by atoms with Crippen LogP contribution >= 0.6 is 11.6 Å². The molecule has 9 N–H and O–H groups in total. The number of likely N-dealkylation sites (tertiary alicyclic amines) is 1. The van der Waals surface area contributed by atoms with Gasteiger partial charge in [-0.25, -0.2) is 15.8 Å². The maximum absolute atomic E-state index is 13.5. The van der Waals surface area contributed by atoms with Gasteiger partial charge in [0.25, 0.3) is 5.91 Å². The molecule has 0 saturated carbocycles. The largest absolute Gasteiger partial charge is 0.347 e. The highest BCUT2D eigenvalue weighted by Gasteiger charge is 2.44. The van der Waals surface area contributed by atoms with Gasteiger partial charge < -0.3 is 27.7 Å². The maximum Gasteiger partial charge on any atom is 0.302 e. The number of rotatable bonds is 4. The first-order valence-electron chi connectivity index (χ1n) is 13.7. The monoisotopic (exact) mass is 607 g/mol. The number of nitrogen functional groups attached to an aromatic ring is 1. The van der Waals surface area contributed by atoms with Gasteiger partial charge in [0.1, 0.15) is 0 Å². The van der Waals surface area contributed by atoms with Crippen molar-refractivity contribution in [3.05, 3.63) is 45.9 Å². The standard InChI is InChI=1S/C25H30ClN15O2/c26-19-21(36-38-28)32-20(35-37-27)18(31-19)22(42)33-24-34-25(12-40(24)29)7-9-39(10-8-25)23(43)13-5-6-17-15(11-13)14-3-1-2-4-16(14)41(17)30/h5-6,11H,1-4,7-10,12,29-30H2,(H,33,34,42)(H4,27,28,32,35,36). The highest BCUT2D eigenvalue weighted by Crippen LogP contribution is 2.33. The smallest absolute Gasteiger partial charge is 0.302 e. The van der Waals surface area contributed by atoms with Gasteiger partial charge in [-0.05, 0) is 62.3 Å². The summed E-state index contributed by atoms with van der Waals surface area (Å²) in [5, 5.41) is 18.8. The first-order valence-corrected chi connectivity index (χ1v) is 14.0. The van der Waals surface area contributed by atoms with E-state index in [1.54, 1.807) is 4.68 Å². The molecule has 0 bridgehead atoms. The number of amides is 2. The number of nitrogens with one attached hydrogen (secondary N) is 1. The Bertz CT molecular complexity index is 1710. The van der Waals surface area contributed by atoms with Crippen LogP contribution in [-0.4, -0.2) is 67.5 Å². The second-order valence-electron chi connectivity index (χ2n) is 10.7. The van der Waals surface area contributed by atoms with E-state index in [9.17, 15) is 9.59 Å². The van der Waals surface area contributed by atoms with E-state index in [0.717, 1.165) is 42.3 Å². The van der Waals surface area contributed by atoms with Crippen molar-refractivity contribution >= 4 is 51.9 Å². The van der Waals surface area contributed by atoms with Gasteiger partial charge in [0.05, 0.1) is 17.6 Å². The van der Waals surface area contributed by atoms with Crippen molar-refractivity contribution in [1.82, 2.24) is 29.9 Å². The molecule has 17 nitrogen and oxygen atoms in total. The van der Waals surface area contributed by atoms with Crippen molar-refractivity contribution < 1.29 is 9.59 Å².